The number of hydrogen-bond donors (Lipinski definition) is 1. The molecule has 1 N–H and O–H groups in total. The number of rotatable bonds is 2. The molecule has 104 valence electrons. The molecule has 1 aromatic carbocycles. The van der Waals surface area contributed by atoms with Crippen LogP contribution in [-0.4, -0.2) is 29.4 Å². The molecular weight excluding hydrogens is 254 g/mol. The van der Waals surface area contributed by atoms with Crippen LogP contribution in [0.1, 0.15) is 34.1 Å². The lowest BCUT2D eigenvalue weighted by molar-refractivity contribution is 0.0601. The van der Waals surface area contributed by atoms with Gasteiger partial charge in [0.2, 0.25) is 0 Å². The summed E-state index contributed by atoms with van der Waals surface area (Å²) in [4.78, 5) is 11.9. The van der Waals surface area contributed by atoms with Gasteiger partial charge in [0.15, 0.2) is 0 Å². The van der Waals surface area contributed by atoms with Crippen LogP contribution in [0.25, 0.3) is 0 Å². The Labute approximate surface area is 117 Å². The number of hydrogen-bond acceptors (Lipinski definition) is 4. The molecule has 0 radical (unpaired) electrons. The lowest BCUT2D eigenvalue weighted by atomic mass is 10.0. The van der Waals surface area contributed by atoms with Crippen molar-refractivity contribution in [2.24, 2.45) is 0 Å². The zero-order chi connectivity index (χ0) is 14.1. The number of esters is 1. The van der Waals surface area contributed by atoms with Gasteiger partial charge in [0.1, 0.15) is 11.4 Å². The molecule has 1 atom stereocenters. The number of methoxy groups -OCH3 is 1. The fourth-order valence-electron chi connectivity index (χ4n) is 2.72. The highest BCUT2D eigenvalue weighted by Gasteiger charge is 2.29. The Balaban J connectivity index is 2.09. The molecule has 0 amide bonds. The summed E-state index contributed by atoms with van der Waals surface area (Å²) in [5.74, 6) is 0.416. The van der Waals surface area contributed by atoms with Gasteiger partial charge in [-0.2, -0.15) is 5.10 Å². The van der Waals surface area contributed by atoms with Crippen molar-refractivity contribution in [3.05, 3.63) is 47.2 Å². The van der Waals surface area contributed by atoms with E-state index in [0.717, 1.165) is 18.8 Å². The number of ether oxygens (including phenoxy) is 1. The minimum absolute atomic E-state index is 0.157. The molecule has 1 unspecified atom stereocenters. The highest BCUT2D eigenvalue weighted by atomic mass is 16.5. The molecule has 5 nitrogen and oxygen atoms in total. The summed E-state index contributed by atoms with van der Waals surface area (Å²) in [6, 6.07) is 10.4. The van der Waals surface area contributed by atoms with E-state index in [1.807, 2.05) is 29.8 Å². The molecule has 0 saturated carbocycles. The van der Waals surface area contributed by atoms with Crippen LogP contribution in [0.2, 0.25) is 0 Å². The number of carbonyl (C=O) groups is 1. The number of carbonyl (C=O) groups excluding carboxylic acids is 1. The predicted molar refractivity (Wildman–Crippen MR) is 76.0 cm³/mol. The van der Waals surface area contributed by atoms with Crippen molar-refractivity contribution in [2.45, 2.75) is 19.4 Å². The number of anilines is 1. The monoisotopic (exact) mass is 271 g/mol. The van der Waals surface area contributed by atoms with Gasteiger partial charge in [0.05, 0.1) is 18.8 Å². The first-order valence-corrected chi connectivity index (χ1v) is 6.68. The van der Waals surface area contributed by atoms with E-state index in [-0.39, 0.29) is 12.0 Å². The molecule has 0 aliphatic carbocycles. The zero-order valence-corrected chi connectivity index (χ0v) is 11.6. The van der Waals surface area contributed by atoms with Gasteiger partial charge in [-0.1, -0.05) is 30.3 Å². The first-order valence-electron chi connectivity index (χ1n) is 6.68. The maximum absolute atomic E-state index is 11.9. The number of aromatic nitrogens is 2. The average molecular weight is 271 g/mol. The molecular formula is C15H17N3O2. The molecule has 2 aromatic rings. The van der Waals surface area contributed by atoms with Gasteiger partial charge in [0.25, 0.3) is 0 Å². The molecule has 20 heavy (non-hydrogen) atoms. The van der Waals surface area contributed by atoms with Crippen LogP contribution in [0.15, 0.2) is 30.3 Å². The molecule has 1 aliphatic rings. The summed E-state index contributed by atoms with van der Waals surface area (Å²) >= 11 is 0. The number of nitrogens with one attached hydrogen (secondary N) is 1. The highest BCUT2D eigenvalue weighted by Crippen LogP contribution is 2.33. The largest absolute Gasteiger partial charge is 0.465 e. The van der Waals surface area contributed by atoms with Gasteiger partial charge < -0.3 is 10.1 Å². The van der Waals surface area contributed by atoms with Crippen LogP contribution in [0.5, 0.6) is 0 Å². The van der Waals surface area contributed by atoms with Crippen molar-refractivity contribution < 1.29 is 9.53 Å². The van der Waals surface area contributed by atoms with Crippen LogP contribution in [0, 0.1) is 6.92 Å². The lowest BCUT2D eigenvalue weighted by Crippen LogP contribution is -2.25. The summed E-state index contributed by atoms with van der Waals surface area (Å²) < 4.78 is 6.75. The van der Waals surface area contributed by atoms with Crippen LogP contribution in [0.4, 0.5) is 5.82 Å². The standard InChI is InChI=1S/C15H17N3O2/c1-10-13(15(19)20-2)14-16-9-8-12(18(14)17-10)11-6-4-3-5-7-11/h3-7,12,16H,8-9H2,1-2H3. The second-order valence-corrected chi connectivity index (χ2v) is 4.89. The Kier molecular flexibility index (Phi) is 3.18. The smallest absolute Gasteiger partial charge is 0.343 e. The summed E-state index contributed by atoms with van der Waals surface area (Å²) in [6.45, 7) is 2.65. The molecule has 2 heterocycles. The van der Waals surface area contributed by atoms with E-state index in [1.165, 1.54) is 12.7 Å². The Bertz CT molecular complexity index is 634. The summed E-state index contributed by atoms with van der Waals surface area (Å²) in [5.41, 5.74) is 2.43. The quantitative estimate of drug-likeness (QED) is 0.852. The average Bonchev–Trinajstić information content (AvgIpc) is 2.83. The van der Waals surface area contributed by atoms with E-state index >= 15 is 0 Å². The van der Waals surface area contributed by atoms with Crippen molar-refractivity contribution in [1.29, 1.82) is 0 Å². The topological polar surface area (TPSA) is 56.1 Å². The molecule has 1 aliphatic heterocycles. The molecule has 3 rings (SSSR count). The molecule has 0 saturated heterocycles. The van der Waals surface area contributed by atoms with Crippen LogP contribution in [0.3, 0.4) is 0 Å². The highest BCUT2D eigenvalue weighted by molar-refractivity contribution is 5.96. The number of benzene rings is 1. The zero-order valence-electron chi connectivity index (χ0n) is 11.6. The summed E-state index contributed by atoms with van der Waals surface area (Å²) in [6.07, 6.45) is 0.943. The van der Waals surface area contributed by atoms with Crippen molar-refractivity contribution in [2.75, 3.05) is 19.0 Å². The van der Waals surface area contributed by atoms with Crippen LogP contribution in [-0.2, 0) is 4.74 Å². The van der Waals surface area contributed by atoms with Crippen molar-refractivity contribution >= 4 is 11.8 Å². The van der Waals surface area contributed by atoms with Crippen LogP contribution >= 0.6 is 0 Å². The van der Waals surface area contributed by atoms with Crippen molar-refractivity contribution in [3.8, 4) is 0 Å². The molecule has 0 fully saturated rings. The summed E-state index contributed by atoms with van der Waals surface area (Å²) in [5, 5.41) is 7.80. The number of nitrogens with zero attached hydrogens (tertiary/aromatic N) is 2. The maximum atomic E-state index is 11.9. The van der Waals surface area contributed by atoms with E-state index in [2.05, 4.69) is 22.5 Å². The minimum atomic E-state index is -0.343. The number of fused-ring (bicyclic) bond motifs is 1. The van der Waals surface area contributed by atoms with Gasteiger partial charge in [-0.25, -0.2) is 9.48 Å². The second kappa shape index (κ2) is 5.00. The molecule has 0 spiro atoms. The third-order valence-corrected chi connectivity index (χ3v) is 3.66. The van der Waals surface area contributed by atoms with E-state index in [1.54, 1.807) is 0 Å². The lowest BCUT2D eigenvalue weighted by Gasteiger charge is -2.26. The molecule has 5 heteroatoms. The van der Waals surface area contributed by atoms with E-state index in [0.29, 0.717) is 11.3 Å². The van der Waals surface area contributed by atoms with Crippen molar-refractivity contribution in [1.82, 2.24) is 9.78 Å². The number of aryl methyl sites for hydroxylation is 1. The van der Waals surface area contributed by atoms with E-state index in [4.69, 9.17) is 4.74 Å². The molecule has 1 aromatic heterocycles. The Hall–Kier alpha value is -2.30. The first-order chi connectivity index (χ1) is 9.72. The Morgan fingerprint density at radius 3 is 2.85 bits per heavy atom. The minimum Gasteiger partial charge on any atom is -0.465 e. The first kappa shape index (κ1) is 12.7. The van der Waals surface area contributed by atoms with Gasteiger partial charge in [0, 0.05) is 6.54 Å². The Morgan fingerprint density at radius 2 is 2.15 bits per heavy atom. The maximum Gasteiger partial charge on any atom is 0.343 e. The van der Waals surface area contributed by atoms with Gasteiger partial charge in [-0.05, 0) is 18.9 Å². The van der Waals surface area contributed by atoms with Gasteiger partial charge in [-0.3, -0.25) is 0 Å². The van der Waals surface area contributed by atoms with E-state index < -0.39 is 0 Å². The second-order valence-electron chi connectivity index (χ2n) is 4.89. The van der Waals surface area contributed by atoms with Crippen molar-refractivity contribution in [3.63, 3.8) is 0 Å². The van der Waals surface area contributed by atoms with Gasteiger partial charge >= 0.3 is 5.97 Å². The SMILES string of the molecule is COC(=O)c1c(C)nn2c1NCCC2c1ccccc1. The molecule has 0 bridgehead atoms. The predicted octanol–water partition coefficient (Wildman–Crippen LogP) is 2.38. The van der Waals surface area contributed by atoms with Gasteiger partial charge in [-0.15, -0.1) is 0 Å². The normalized spacial score (nSPS) is 17.2. The third kappa shape index (κ3) is 1.95. The Morgan fingerprint density at radius 1 is 1.40 bits per heavy atom. The summed E-state index contributed by atoms with van der Waals surface area (Å²) in [7, 11) is 1.39. The fourth-order valence-corrected chi connectivity index (χ4v) is 2.72. The van der Waals surface area contributed by atoms with E-state index in [9.17, 15) is 4.79 Å². The van der Waals surface area contributed by atoms with Crippen LogP contribution < -0.4 is 5.32 Å². The third-order valence-electron chi connectivity index (χ3n) is 3.66. The fraction of sp³-hybridized carbons (Fsp3) is 0.333.